The van der Waals surface area contributed by atoms with E-state index in [4.69, 9.17) is 14.2 Å². The van der Waals surface area contributed by atoms with Crippen LogP contribution < -0.4 is 19.1 Å². The number of hydrogen-bond donors (Lipinski definition) is 0. The van der Waals surface area contributed by atoms with Crippen LogP contribution in [0.3, 0.4) is 0 Å². The summed E-state index contributed by atoms with van der Waals surface area (Å²) in [4.78, 5) is 18.5. The summed E-state index contributed by atoms with van der Waals surface area (Å²) in [6, 6.07) is 11.2. The minimum atomic E-state index is -0.0987. The SMILES string of the molecule is COc1cc2c(cc1OC)N(C)C(=O)CN=C2c1ccccc1OC. The van der Waals surface area contributed by atoms with Gasteiger partial charge in [-0.25, -0.2) is 0 Å². The fraction of sp³-hybridized carbons (Fsp3) is 0.263. The van der Waals surface area contributed by atoms with Crippen LogP contribution in [0.25, 0.3) is 0 Å². The van der Waals surface area contributed by atoms with E-state index >= 15 is 0 Å². The topological polar surface area (TPSA) is 60.4 Å². The molecule has 2 aromatic carbocycles. The summed E-state index contributed by atoms with van der Waals surface area (Å²) < 4.78 is 16.3. The molecule has 2 aromatic rings. The van der Waals surface area contributed by atoms with E-state index in [9.17, 15) is 4.79 Å². The number of aliphatic imine (C=N–C) groups is 1. The van der Waals surface area contributed by atoms with E-state index in [2.05, 4.69) is 4.99 Å². The second-order valence-electron chi connectivity index (χ2n) is 5.54. The Balaban J connectivity index is 2.28. The van der Waals surface area contributed by atoms with Crippen LogP contribution in [0, 0.1) is 0 Å². The number of ether oxygens (including phenoxy) is 3. The molecule has 6 nitrogen and oxygen atoms in total. The van der Waals surface area contributed by atoms with Crippen molar-refractivity contribution in [3.63, 3.8) is 0 Å². The predicted molar refractivity (Wildman–Crippen MR) is 96.5 cm³/mol. The minimum absolute atomic E-state index is 0.0587. The molecule has 0 bridgehead atoms. The maximum atomic E-state index is 12.4. The maximum Gasteiger partial charge on any atom is 0.248 e. The van der Waals surface area contributed by atoms with Crippen molar-refractivity contribution in [3.8, 4) is 17.2 Å². The number of para-hydroxylation sites is 1. The summed E-state index contributed by atoms with van der Waals surface area (Å²) in [5.41, 5.74) is 3.01. The third kappa shape index (κ3) is 2.91. The molecule has 6 heteroatoms. The van der Waals surface area contributed by atoms with E-state index in [1.807, 2.05) is 30.3 Å². The molecule has 0 aromatic heterocycles. The molecule has 0 saturated carbocycles. The van der Waals surface area contributed by atoms with Gasteiger partial charge in [-0.2, -0.15) is 0 Å². The number of fused-ring (bicyclic) bond motifs is 1. The number of hydrogen-bond acceptors (Lipinski definition) is 5. The van der Waals surface area contributed by atoms with Crippen molar-refractivity contribution in [2.75, 3.05) is 39.8 Å². The first-order valence-electron chi connectivity index (χ1n) is 7.81. The Bertz CT molecular complexity index is 845. The minimum Gasteiger partial charge on any atom is -0.496 e. The quantitative estimate of drug-likeness (QED) is 0.858. The van der Waals surface area contributed by atoms with E-state index in [1.54, 1.807) is 39.3 Å². The molecule has 130 valence electrons. The Morgan fingerprint density at radius 2 is 1.56 bits per heavy atom. The normalized spacial score (nSPS) is 13.7. The zero-order chi connectivity index (χ0) is 18.0. The van der Waals surface area contributed by atoms with Gasteiger partial charge in [0.05, 0.1) is 32.7 Å². The number of nitrogens with zero attached hydrogens (tertiary/aromatic N) is 2. The van der Waals surface area contributed by atoms with Crippen LogP contribution in [0.4, 0.5) is 5.69 Å². The van der Waals surface area contributed by atoms with Crippen LogP contribution in [0.2, 0.25) is 0 Å². The Kier molecular flexibility index (Phi) is 4.61. The molecular weight excluding hydrogens is 320 g/mol. The molecule has 0 saturated heterocycles. The number of methoxy groups -OCH3 is 3. The van der Waals surface area contributed by atoms with Crippen molar-refractivity contribution in [2.24, 2.45) is 4.99 Å². The van der Waals surface area contributed by atoms with Crippen molar-refractivity contribution in [3.05, 3.63) is 47.5 Å². The fourth-order valence-electron chi connectivity index (χ4n) is 2.88. The zero-order valence-electron chi connectivity index (χ0n) is 14.7. The lowest BCUT2D eigenvalue weighted by atomic mass is 9.98. The average molecular weight is 340 g/mol. The summed E-state index contributed by atoms with van der Waals surface area (Å²) in [6.45, 7) is 0.0587. The van der Waals surface area contributed by atoms with Gasteiger partial charge in [0, 0.05) is 24.2 Å². The lowest BCUT2D eigenvalue weighted by Gasteiger charge is -2.21. The molecule has 0 unspecified atom stereocenters. The summed E-state index contributed by atoms with van der Waals surface area (Å²) in [6.07, 6.45) is 0. The summed E-state index contributed by atoms with van der Waals surface area (Å²) >= 11 is 0. The van der Waals surface area contributed by atoms with Crippen molar-refractivity contribution in [2.45, 2.75) is 0 Å². The van der Waals surface area contributed by atoms with Crippen molar-refractivity contribution in [1.82, 2.24) is 0 Å². The molecule has 0 fully saturated rings. The average Bonchev–Trinajstić information content (AvgIpc) is 2.77. The van der Waals surface area contributed by atoms with E-state index in [-0.39, 0.29) is 12.5 Å². The highest BCUT2D eigenvalue weighted by molar-refractivity contribution is 6.21. The van der Waals surface area contributed by atoms with Gasteiger partial charge in [0.15, 0.2) is 11.5 Å². The molecule has 1 aliphatic heterocycles. The number of amides is 1. The largest absolute Gasteiger partial charge is 0.496 e. The highest BCUT2D eigenvalue weighted by Gasteiger charge is 2.26. The van der Waals surface area contributed by atoms with Gasteiger partial charge >= 0.3 is 0 Å². The molecule has 1 aliphatic rings. The van der Waals surface area contributed by atoms with Crippen LogP contribution in [0.5, 0.6) is 17.2 Å². The Morgan fingerprint density at radius 1 is 0.920 bits per heavy atom. The van der Waals surface area contributed by atoms with Gasteiger partial charge in [-0.1, -0.05) is 12.1 Å². The molecule has 3 rings (SSSR count). The standard InChI is InChI=1S/C19H20N2O4/c1-21-14-10-17(25-4)16(24-3)9-13(14)19(20-11-18(21)22)12-7-5-6-8-15(12)23-2/h5-10H,11H2,1-4H3. The van der Waals surface area contributed by atoms with Crippen LogP contribution in [-0.2, 0) is 4.79 Å². The third-order valence-electron chi connectivity index (χ3n) is 4.23. The summed E-state index contributed by atoms with van der Waals surface area (Å²) in [7, 11) is 6.49. The zero-order valence-corrected chi connectivity index (χ0v) is 14.7. The first kappa shape index (κ1) is 16.8. The number of rotatable bonds is 4. The van der Waals surface area contributed by atoms with E-state index < -0.39 is 0 Å². The van der Waals surface area contributed by atoms with E-state index in [0.717, 1.165) is 11.1 Å². The van der Waals surface area contributed by atoms with Crippen molar-refractivity contribution in [1.29, 1.82) is 0 Å². The molecular formula is C19H20N2O4. The smallest absolute Gasteiger partial charge is 0.248 e. The van der Waals surface area contributed by atoms with Gasteiger partial charge in [-0.3, -0.25) is 9.79 Å². The van der Waals surface area contributed by atoms with Gasteiger partial charge in [0.25, 0.3) is 0 Å². The van der Waals surface area contributed by atoms with Gasteiger partial charge < -0.3 is 19.1 Å². The number of carbonyl (C=O) groups excluding carboxylic acids is 1. The molecule has 0 atom stereocenters. The molecule has 0 N–H and O–H groups in total. The van der Waals surface area contributed by atoms with Gasteiger partial charge in [0.2, 0.25) is 5.91 Å². The molecule has 0 radical (unpaired) electrons. The number of benzodiazepines with no additional fused rings is 1. The lowest BCUT2D eigenvalue weighted by molar-refractivity contribution is -0.116. The van der Waals surface area contributed by atoms with Gasteiger partial charge in [0.1, 0.15) is 12.3 Å². The van der Waals surface area contributed by atoms with Crippen LogP contribution in [-0.4, -0.2) is 46.5 Å². The number of benzene rings is 2. The van der Waals surface area contributed by atoms with E-state index in [0.29, 0.717) is 28.6 Å². The van der Waals surface area contributed by atoms with E-state index in [1.165, 1.54) is 0 Å². The van der Waals surface area contributed by atoms with Crippen LogP contribution >= 0.6 is 0 Å². The molecule has 1 amide bonds. The first-order chi connectivity index (χ1) is 12.1. The summed E-state index contributed by atoms with van der Waals surface area (Å²) in [5, 5.41) is 0. The van der Waals surface area contributed by atoms with Crippen molar-refractivity contribution >= 4 is 17.3 Å². The fourth-order valence-corrected chi connectivity index (χ4v) is 2.88. The maximum absolute atomic E-state index is 12.4. The lowest BCUT2D eigenvalue weighted by Crippen LogP contribution is -2.27. The first-order valence-corrected chi connectivity index (χ1v) is 7.81. The monoisotopic (exact) mass is 340 g/mol. The molecule has 1 heterocycles. The second kappa shape index (κ2) is 6.84. The second-order valence-corrected chi connectivity index (χ2v) is 5.54. The Hall–Kier alpha value is -3.02. The predicted octanol–water partition coefficient (Wildman–Crippen LogP) is 2.53. The van der Waals surface area contributed by atoms with Gasteiger partial charge in [-0.15, -0.1) is 0 Å². The van der Waals surface area contributed by atoms with Crippen molar-refractivity contribution < 1.29 is 19.0 Å². The molecule has 25 heavy (non-hydrogen) atoms. The van der Waals surface area contributed by atoms with Crippen LogP contribution in [0.15, 0.2) is 41.4 Å². The molecule has 0 spiro atoms. The van der Waals surface area contributed by atoms with Crippen LogP contribution in [0.1, 0.15) is 11.1 Å². The van der Waals surface area contributed by atoms with Gasteiger partial charge in [-0.05, 0) is 18.2 Å². The molecule has 0 aliphatic carbocycles. The third-order valence-corrected chi connectivity index (χ3v) is 4.23. The highest BCUT2D eigenvalue weighted by Crippen LogP contribution is 2.38. The highest BCUT2D eigenvalue weighted by atomic mass is 16.5. The number of likely N-dealkylation sites (N-methyl/N-ethyl adjacent to an activating group) is 1. The number of carbonyl (C=O) groups is 1. The Labute approximate surface area is 146 Å². The summed E-state index contributed by atoms with van der Waals surface area (Å²) in [5.74, 6) is 1.73. The Morgan fingerprint density at radius 3 is 2.24 bits per heavy atom. The number of anilines is 1.